The molecule has 0 amide bonds. The fourth-order valence-electron chi connectivity index (χ4n) is 2.43. The molecule has 0 bridgehead atoms. The highest BCUT2D eigenvalue weighted by Crippen LogP contribution is 2.28. The Morgan fingerprint density at radius 1 is 1.43 bits per heavy atom. The number of rotatable bonds is 4. The summed E-state index contributed by atoms with van der Waals surface area (Å²) >= 11 is 1.69. The van der Waals surface area contributed by atoms with E-state index in [1.165, 1.54) is 23.6 Å². The van der Waals surface area contributed by atoms with E-state index in [-0.39, 0.29) is 5.75 Å². The van der Waals surface area contributed by atoms with Crippen molar-refractivity contribution in [2.45, 2.75) is 19.9 Å². The minimum absolute atomic E-state index is 0.200. The zero-order valence-electron chi connectivity index (χ0n) is 11.9. The Morgan fingerprint density at radius 3 is 2.95 bits per heavy atom. The number of hydrogen-bond donors (Lipinski definition) is 1. The van der Waals surface area contributed by atoms with Crippen LogP contribution in [0.1, 0.15) is 17.4 Å². The standard InChI is InChI=1S/C15H16FN3OS/c1-3-9-4-5-21-14(9)8-19-12-7-13(20-2)10(16)6-11(12)18-15(19)17/h4-7H,3,8H2,1-2H3,(H2,17,18). The number of hydrogen-bond acceptors (Lipinski definition) is 4. The number of nitrogens with zero attached hydrogens (tertiary/aromatic N) is 2. The highest BCUT2D eigenvalue weighted by molar-refractivity contribution is 7.10. The first-order chi connectivity index (χ1) is 10.1. The molecule has 2 heterocycles. The van der Waals surface area contributed by atoms with Gasteiger partial charge < -0.3 is 15.0 Å². The first-order valence-corrected chi connectivity index (χ1v) is 7.56. The lowest BCUT2D eigenvalue weighted by molar-refractivity contribution is 0.387. The molecule has 21 heavy (non-hydrogen) atoms. The number of benzene rings is 1. The molecule has 3 aromatic rings. The summed E-state index contributed by atoms with van der Waals surface area (Å²) in [6, 6.07) is 5.12. The zero-order valence-corrected chi connectivity index (χ0v) is 12.7. The third-order valence-corrected chi connectivity index (χ3v) is 4.52. The molecule has 2 aromatic heterocycles. The lowest BCUT2D eigenvalue weighted by Crippen LogP contribution is -2.05. The molecule has 0 radical (unpaired) electrons. The molecule has 0 saturated heterocycles. The monoisotopic (exact) mass is 305 g/mol. The minimum atomic E-state index is -0.431. The molecule has 4 nitrogen and oxygen atoms in total. The molecule has 3 rings (SSSR count). The van der Waals surface area contributed by atoms with Gasteiger partial charge in [0.05, 0.1) is 24.7 Å². The van der Waals surface area contributed by atoms with Crippen molar-refractivity contribution in [1.29, 1.82) is 0 Å². The van der Waals surface area contributed by atoms with Crippen LogP contribution in [-0.2, 0) is 13.0 Å². The molecule has 0 aliphatic carbocycles. The lowest BCUT2D eigenvalue weighted by atomic mass is 10.2. The Hall–Kier alpha value is -2.08. The van der Waals surface area contributed by atoms with E-state index < -0.39 is 5.82 Å². The maximum Gasteiger partial charge on any atom is 0.201 e. The van der Waals surface area contributed by atoms with Crippen LogP contribution in [-0.4, -0.2) is 16.7 Å². The molecule has 2 N–H and O–H groups in total. The summed E-state index contributed by atoms with van der Waals surface area (Å²) in [6.07, 6.45) is 0.976. The molecule has 0 aliphatic rings. The predicted molar refractivity (Wildman–Crippen MR) is 83.5 cm³/mol. The number of anilines is 1. The van der Waals surface area contributed by atoms with E-state index in [0.29, 0.717) is 18.0 Å². The Morgan fingerprint density at radius 2 is 2.24 bits per heavy atom. The van der Waals surface area contributed by atoms with Crippen LogP contribution in [0.3, 0.4) is 0 Å². The first kappa shape index (κ1) is 13.9. The van der Waals surface area contributed by atoms with E-state index in [9.17, 15) is 4.39 Å². The smallest absolute Gasteiger partial charge is 0.201 e. The molecule has 1 aromatic carbocycles. The second kappa shape index (κ2) is 5.37. The Kier molecular flexibility index (Phi) is 3.55. The summed E-state index contributed by atoms with van der Waals surface area (Å²) in [5.41, 5.74) is 8.62. The quantitative estimate of drug-likeness (QED) is 0.803. The van der Waals surface area contributed by atoms with E-state index >= 15 is 0 Å². The summed E-state index contributed by atoms with van der Waals surface area (Å²) in [7, 11) is 1.45. The largest absolute Gasteiger partial charge is 0.494 e. The van der Waals surface area contributed by atoms with Gasteiger partial charge in [-0.2, -0.15) is 0 Å². The molecule has 110 valence electrons. The fourth-order valence-corrected chi connectivity index (χ4v) is 3.40. The number of nitrogen functional groups attached to an aromatic ring is 1. The van der Waals surface area contributed by atoms with Crippen LogP contribution in [0.2, 0.25) is 0 Å². The van der Waals surface area contributed by atoms with Crippen molar-refractivity contribution >= 4 is 28.3 Å². The van der Waals surface area contributed by atoms with Gasteiger partial charge in [-0.1, -0.05) is 6.92 Å². The minimum Gasteiger partial charge on any atom is -0.494 e. The van der Waals surface area contributed by atoms with Crippen molar-refractivity contribution in [2.75, 3.05) is 12.8 Å². The van der Waals surface area contributed by atoms with E-state index in [0.717, 1.165) is 11.9 Å². The molecule has 0 unspecified atom stereocenters. The van der Waals surface area contributed by atoms with Crippen LogP contribution in [0.15, 0.2) is 23.6 Å². The third kappa shape index (κ3) is 2.35. The molecule has 0 spiro atoms. The van der Waals surface area contributed by atoms with Crippen molar-refractivity contribution < 1.29 is 9.13 Å². The highest BCUT2D eigenvalue weighted by Gasteiger charge is 2.14. The fraction of sp³-hybridized carbons (Fsp3) is 0.267. The average Bonchev–Trinajstić information content (AvgIpc) is 3.03. The van der Waals surface area contributed by atoms with E-state index in [1.807, 2.05) is 4.57 Å². The van der Waals surface area contributed by atoms with Crippen LogP contribution in [0.25, 0.3) is 11.0 Å². The van der Waals surface area contributed by atoms with Crippen LogP contribution in [0.5, 0.6) is 5.75 Å². The number of thiophene rings is 1. The predicted octanol–water partition coefficient (Wildman–Crippen LogP) is 3.44. The van der Waals surface area contributed by atoms with Crippen LogP contribution < -0.4 is 10.5 Å². The van der Waals surface area contributed by atoms with Gasteiger partial charge in [0.2, 0.25) is 5.95 Å². The zero-order chi connectivity index (χ0) is 15.0. The summed E-state index contributed by atoms with van der Waals surface area (Å²) in [5, 5.41) is 2.07. The maximum atomic E-state index is 13.7. The number of aromatic nitrogens is 2. The Balaban J connectivity index is 2.11. The molecule has 0 fully saturated rings. The van der Waals surface area contributed by atoms with Crippen LogP contribution in [0, 0.1) is 5.82 Å². The number of nitrogens with two attached hydrogens (primary N) is 1. The Labute approximate surface area is 126 Å². The number of halogens is 1. The number of aryl methyl sites for hydroxylation is 1. The van der Waals surface area contributed by atoms with Crippen molar-refractivity contribution in [3.05, 3.63) is 39.8 Å². The topological polar surface area (TPSA) is 53.1 Å². The second-order valence-electron chi connectivity index (χ2n) is 4.75. The number of methoxy groups -OCH3 is 1. The van der Waals surface area contributed by atoms with Crippen molar-refractivity contribution in [3.8, 4) is 5.75 Å². The van der Waals surface area contributed by atoms with Gasteiger partial charge in [0.15, 0.2) is 11.6 Å². The molecule has 6 heteroatoms. The average molecular weight is 305 g/mol. The van der Waals surface area contributed by atoms with Gasteiger partial charge in [-0.15, -0.1) is 11.3 Å². The summed E-state index contributed by atoms with van der Waals surface area (Å²) in [5.74, 6) is 0.152. The number of ether oxygens (including phenoxy) is 1. The summed E-state index contributed by atoms with van der Waals surface area (Å²) < 4.78 is 20.7. The van der Waals surface area contributed by atoms with Crippen molar-refractivity contribution in [3.63, 3.8) is 0 Å². The molecule has 0 atom stereocenters. The summed E-state index contributed by atoms with van der Waals surface area (Å²) in [4.78, 5) is 5.48. The van der Waals surface area contributed by atoms with E-state index in [1.54, 1.807) is 17.4 Å². The van der Waals surface area contributed by atoms with Crippen molar-refractivity contribution in [1.82, 2.24) is 9.55 Å². The first-order valence-electron chi connectivity index (χ1n) is 6.68. The van der Waals surface area contributed by atoms with Gasteiger partial charge >= 0.3 is 0 Å². The normalized spacial score (nSPS) is 11.2. The van der Waals surface area contributed by atoms with E-state index in [2.05, 4.69) is 23.4 Å². The molecule has 0 saturated carbocycles. The number of fused-ring (bicyclic) bond motifs is 1. The molecular weight excluding hydrogens is 289 g/mol. The van der Waals surface area contributed by atoms with Gasteiger partial charge in [0.25, 0.3) is 0 Å². The van der Waals surface area contributed by atoms with Crippen LogP contribution >= 0.6 is 11.3 Å². The third-order valence-electron chi connectivity index (χ3n) is 3.57. The van der Waals surface area contributed by atoms with Crippen molar-refractivity contribution in [2.24, 2.45) is 0 Å². The van der Waals surface area contributed by atoms with Gasteiger partial charge in [-0.25, -0.2) is 9.37 Å². The number of imidazole rings is 1. The van der Waals surface area contributed by atoms with Gasteiger partial charge in [-0.3, -0.25) is 0 Å². The Bertz CT molecular complexity index is 794. The molecule has 0 aliphatic heterocycles. The van der Waals surface area contributed by atoms with Gasteiger partial charge in [0, 0.05) is 17.0 Å². The van der Waals surface area contributed by atoms with Gasteiger partial charge in [-0.05, 0) is 23.4 Å². The SMILES string of the molecule is CCc1ccsc1Cn1c(N)nc2cc(F)c(OC)cc21. The van der Waals surface area contributed by atoms with Gasteiger partial charge in [0.1, 0.15) is 0 Å². The molecular formula is C15H16FN3OS. The van der Waals surface area contributed by atoms with E-state index in [4.69, 9.17) is 10.5 Å². The summed E-state index contributed by atoms with van der Waals surface area (Å²) in [6.45, 7) is 2.76. The van der Waals surface area contributed by atoms with Crippen LogP contribution in [0.4, 0.5) is 10.3 Å². The second-order valence-corrected chi connectivity index (χ2v) is 5.75. The highest BCUT2D eigenvalue weighted by atomic mass is 32.1. The lowest BCUT2D eigenvalue weighted by Gasteiger charge is -2.08. The maximum absolute atomic E-state index is 13.7.